The van der Waals surface area contributed by atoms with Crippen molar-refractivity contribution < 1.29 is 13.9 Å². The van der Waals surface area contributed by atoms with Gasteiger partial charge in [-0.05, 0) is 50.5 Å². The lowest BCUT2D eigenvalue weighted by Gasteiger charge is -2.25. The third-order valence-corrected chi connectivity index (χ3v) is 3.42. The second-order valence-corrected chi connectivity index (χ2v) is 6.79. The molecule has 0 bridgehead atoms. The molecule has 0 aliphatic carbocycles. The van der Waals surface area contributed by atoms with E-state index in [9.17, 15) is 9.18 Å². The fraction of sp³-hybridized carbons (Fsp3) is 0.350. The van der Waals surface area contributed by atoms with Crippen molar-refractivity contribution in [2.45, 2.75) is 45.4 Å². The van der Waals surface area contributed by atoms with Crippen LogP contribution < -0.4 is 5.32 Å². The molecule has 2 rings (SSSR count). The van der Waals surface area contributed by atoms with Crippen LogP contribution in [0.15, 0.2) is 54.6 Å². The molecule has 128 valence electrons. The van der Waals surface area contributed by atoms with Crippen LogP contribution in [0, 0.1) is 5.82 Å². The van der Waals surface area contributed by atoms with Gasteiger partial charge in [0.2, 0.25) is 0 Å². The minimum Gasteiger partial charge on any atom is -0.459 e. The Balaban J connectivity index is 2.08. The number of carbonyl (C=O) groups excluding carboxylic acids is 1. The molecule has 4 heteroatoms. The van der Waals surface area contributed by atoms with Crippen molar-refractivity contribution >= 4 is 5.97 Å². The summed E-state index contributed by atoms with van der Waals surface area (Å²) < 4.78 is 18.8. The van der Waals surface area contributed by atoms with E-state index in [0.717, 1.165) is 11.1 Å². The Bertz CT molecular complexity index is 665. The number of benzene rings is 2. The maximum absolute atomic E-state index is 13.3. The van der Waals surface area contributed by atoms with E-state index in [1.54, 1.807) is 6.07 Å². The third-order valence-electron chi connectivity index (χ3n) is 3.42. The number of esters is 1. The molecule has 0 radical (unpaired) electrons. The first-order chi connectivity index (χ1) is 11.3. The van der Waals surface area contributed by atoms with Crippen molar-refractivity contribution in [3.8, 4) is 0 Å². The maximum Gasteiger partial charge on any atom is 0.324 e. The van der Waals surface area contributed by atoms with Gasteiger partial charge in [0.05, 0.1) is 0 Å². The smallest absolute Gasteiger partial charge is 0.324 e. The quantitative estimate of drug-likeness (QED) is 0.818. The lowest BCUT2D eigenvalue weighted by atomic mass is 10.0. The van der Waals surface area contributed by atoms with E-state index in [-0.39, 0.29) is 11.8 Å². The minimum atomic E-state index is -0.549. The molecule has 0 heterocycles. The molecular weight excluding hydrogens is 305 g/mol. The van der Waals surface area contributed by atoms with Crippen LogP contribution in [0.1, 0.15) is 31.9 Å². The molecule has 3 nitrogen and oxygen atoms in total. The van der Waals surface area contributed by atoms with Crippen LogP contribution in [-0.2, 0) is 22.5 Å². The zero-order valence-corrected chi connectivity index (χ0v) is 14.4. The van der Waals surface area contributed by atoms with Crippen LogP contribution in [-0.4, -0.2) is 17.6 Å². The largest absolute Gasteiger partial charge is 0.459 e. The van der Waals surface area contributed by atoms with Gasteiger partial charge < -0.3 is 10.1 Å². The predicted molar refractivity (Wildman–Crippen MR) is 93.0 cm³/mol. The van der Waals surface area contributed by atoms with Gasteiger partial charge >= 0.3 is 5.97 Å². The number of halogens is 1. The van der Waals surface area contributed by atoms with E-state index < -0.39 is 11.6 Å². The summed E-state index contributed by atoms with van der Waals surface area (Å²) >= 11 is 0. The highest BCUT2D eigenvalue weighted by Gasteiger charge is 2.25. The molecule has 0 aliphatic heterocycles. The van der Waals surface area contributed by atoms with Crippen LogP contribution in [0.25, 0.3) is 0 Å². The molecule has 2 aromatic carbocycles. The number of hydrogen-bond acceptors (Lipinski definition) is 3. The summed E-state index contributed by atoms with van der Waals surface area (Å²) in [5, 5.41) is 3.19. The molecule has 2 aromatic rings. The molecule has 0 aromatic heterocycles. The van der Waals surface area contributed by atoms with E-state index in [1.165, 1.54) is 12.1 Å². The van der Waals surface area contributed by atoms with Crippen molar-refractivity contribution in [2.24, 2.45) is 0 Å². The van der Waals surface area contributed by atoms with Gasteiger partial charge in [0, 0.05) is 6.54 Å². The molecule has 1 atom stereocenters. The van der Waals surface area contributed by atoms with Crippen molar-refractivity contribution in [3.05, 3.63) is 71.5 Å². The summed E-state index contributed by atoms with van der Waals surface area (Å²) in [4.78, 5) is 12.5. The fourth-order valence-electron chi connectivity index (χ4n) is 2.35. The number of rotatable bonds is 6. The number of carbonyl (C=O) groups is 1. The number of ether oxygens (including phenoxy) is 1. The highest BCUT2D eigenvalue weighted by molar-refractivity contribution is 5.76. The second-order valence-electron chi connectivity index (χ2n) is 6.79. The van der Waals surface area contributed by atoms with Crippen LogP contribution in [0.5, 0.6) is 0 Å². The second kappa shape index (κ2) is 8.06. The maximum atomic E-state index is 13.3. The van der Waals surface area contributed by atoms with E-state index in [1.807, 2.05) is 57.2 Å². The van der Waals surface area contributed by atoms with Gasteiger partial charge in [0.15, 0.2) is 0 Å². The van der Waals surface area contributed by atoms with Gasteiger partial charge in [0.1, 0.15) is 17.5 Å². The van der Waals surface area contributed by atoms with Gasteiger partial charge in [0.25, 0.3) is 0 Å². The Kier molecular flexibility index (Phi) is 6.10. The van der Waals surface area contributed by atoms with E-state index in [0.29, 0.717) is 13.0 Å². The van der Waals surface area contributed by atoms with Crippen LogP contribution in [0.2, 0.25) is 0 Å². The van der Waals surface area contributed by atoms with Crippen LogP contribution in [0.4, 0.5) is 4.39 Å². The molecule has 24 heavy (non-hydrogen) atoms. The molecule has 0 aliphatic rings. The topological polar surface area (TPSA) is 38.3 Å². The normalized spacial score (nSPS) is 12.7. The van der Waals surface area contributed by atoms with E-state index in [2.05, 4.69) is 5.32 Å². The number of hydrogen-bond donors (Lipinski definition) is 1. The molecule has 0 spiro atoms. The first-order valence-corrected chi connectivity index (χ1v) is 8.08. The Morgan fingerprint density at radius 1 is 1.08 bits per heavy atom. The van der Waals surface area contributed by atoms with E-state index in [4.69, 9.17) is 4.74 Å². The van der Waals surface area contributed by atoms with Gasteiger partial charge in [-0.2, -0.15) is 0 Å². The number of nitrogens with one attached hydrogen (secondary N) is 1. The highest BCUT2D eigenvalue weighted by Crippen LogP contribution is 2.12. The molecule has 0 amide bonds. The van der Waals surface area contributed by atoms with Crippen LogP contribution >= 0.6 is 0 Å². The summed E-state index contributed by atoms with van der Waals surface area (Å²) in [7, 11) is 0. The fourth-order valence-corrected chi connectivity index (χ4v) is 2.35. The van der Waals surface area contributed by atoms with Crippen LogP contribution in [0.3, 0.4) is 0 Å². The molecule has 0 unspecified atom stereocenters. The Morgan fingerprint density at radius 2 is 1.75 bits per heavy atom. The van der Waals surface area contributed by atoms with E-state index >= 15 is 0 Å². The van der Waals surface area contributed by atoms with Gasteiger partial charge in [-0.25, -0.2) is 4.39 Å². The molecule has 0 saturated carbocycles. The lowest BCUT2D eigenvalue weighted by Crippen LogP contribution is -2.42. The summed E-state index contributed by atoms with van der Waals surface area (Å²) in [6.45, 7) is 5.93. The summed E-state index contributed by atoms with van der Waals surface area (Å²) in [5.74, 6) is -0.589. The minimum absolute atomic E-state index is 0.286. The van der Waals surface area contributed by atoms with Gasteiger partial charge in [-0.3, -0.25) is 4.79 Å². The first-order valence-electron chi connectivity index (χ1n) is 8.08. The molecular formula is C20H24FNO2. The Labute approximate surface area is 142 Å². The average Bonchev–Trinajstić information content (AvgIpc) is 2.50. The monoisotopic (exact) mass is 329 g/mol. The van der Waals surface area contributed by atoms with Crippen molar-refractivity contribution in [3.63, 3.8) is 0 Å². The predicted octanol–water partition coefficient (Wildman–Crippen LogP) is 3.87. The lowest BCUT2D eigenvalue weighted by molar-refractivity contribution is -0.157. The third kappa shape index (κ3) is 6.13. The van der Waals surface area contributed by atoms with Crippen molar-refractivity contribution in [2.75, 3.05) is 0 Å². The van der Waals surface area contributed by atoms with Gasteiger partial charge in [-0.1, -0.05) is 42.5 Å². The molecule has 1 N–H and O–H groups in total. The van der Waals surface area contributed by atoms with Crippen molar-refractivity contribution in [1.29, 1.82) is 0 Å². The summed E-state index contributed by atoms with van der Waals surface area (Å²) in [5.41, 5.74) is 1.28. The first kappa shape index (κ1) is 18.1. The molecule has 0 saturated heterocycles. The molecule has 0 fully saturated rings. The Hall–Kier alpha value is -2.20. The zero-order chi connectivity index (χ0) is 17.6. The average molecular weight is 329 g/mol. The Morgan fingerprint density at radius 3 is 2.38 bits per heavy atom. The van der Waals surface area contributed by atoms with Gasteiger partial charge in [-0.15, -0.1) is 0 Å². The summed E-state index contributed by atoms with van der Waals surface area (Å²) in [6.07, 6.45) is 0.519. The standard InChI is InChI=1S/C20H24FNO2/c1-20(2,3)24-19(23)18(13-15-8-5-4-6-9-15)22-14-16-10-7-11-17(21)12-16/h4-12,18,22H,13-14H2,1-3H3/t18-/m0/s1. The summed E-state index contributed by atoms with van der Waals surface area (Å²) in [6, 6.07) is 15.6. The zero-order valence-electron chi connectivity index (χ0n) is 14.4. The SMILES string of the molecule is CC(C)(C)OC(=O)[C@H](Cc1ccccc1)NCc1cccc(F)c1. The van der Waals surface area contributed by atoms with Crippen molar-refractivity contribution in [1.82, 2.24) is 5.32 Å². The highest BCUT2D eigenvalue weighted by atomic mass is 19.1.